The van der Waals surface area contributed by atoms with Gasteiger partial charge in [-0.25, -0.2) is 9.59 Å². The summed E-state index contributed by atoms with van der Waals surface area (Å²) in [6, 6.07) is 5.97. The van der Waals surface area contributed by atoms with Gasteiger partial charge in [-0.2, -0.15) is 0 Å². The number of nitrogens with one attached hydrogen (secondary N) is 2. The van der Waals surface area contributed by atoms with Crippen LogP contribution in [-0.2, 0) is 0 Å². The van der Waals surface area contributed by atoms with Crippen molar-refractivity contribution in [2.75, 3.05) is 25.5 Å². The summed E-state index contributed by atoms with van der Waals surface area (Å²) in [5.41, 5.74) is 0.775. The van der Waals surface area contributed by atoms with E-state index in [2.05, 4.69) is 15.5 Å². The van der Waals surface area contributed by atoms with Crippen LogP contribution >= 0.6 is 0 Å². The Morgan fingerprint density at radius 1 is 1.32 bits per heavy atom. The van der Waals surface area contributed by atoms with Crippen molar-refractivity contribution in [3.05, 3.63) is 29.8 Å². The number of carbonyl (C=O) groups excluding carboxylic acids is 1. The van der Waals surface area contributed by atoms with Crippen LogP contribution in [0.1, 0.15) is 16.8 Å². The molecule has 1 fully saturated rings. The highest BCUT2D eigenvalue weighted by Crippen LogP contribution is 2.10. The number of anilines is 1. The zero-order chi connectivity index (χ0) is 13.8. The summed E-state index contributed by atoms with van der Waals surface area (Å²) >= 11 is 0. The average Bonchev–Trinajstić information content (AvgIpc) is 2.75. The number of benzene rings is 1. The Morgan fingerprint density at radius 2 is 2.00 bits per heavy atom. The molecule has 3 N–H and O–H groups in total. The molecule has 1 unspecified atom stereocenters. The number of hydrogen-bond acceptors (Lipinski definition) is 3. The first-order valence-electron chi connectivity index (χ1n) is 6.14. The predicted octanol–water partition coefficient (Wildman–Crippen LogP) is 1.21. The fourth-order valence-corrected chi connectivity index (χ4v) is 2.10. The molecule has 1 aliphatic rings. The third-order valence-corrected chi connectivity index (χ3v) is 3.12. The zero-order valence-corrected chi connectivity index (χ0v) is 10.7. The van der Waals surface area contributed by atoms with Gasteiger partial charge in [-0.3, -0.25) is 0 Å². The molecule has 2 rings (SSSR count). The Hall–Kier alpha value is -2.08. The van der Waals surface area contributed by atoms with Gasteiger partial charge in [0.15, 0.2) is 0 Å². The molecule has 2 amide bonds. The number of amides is 2. The van der Waals surface area contributed by atoms with Crippen molar-refractivity contribution in [3.8, 4) is 0 Å². The van der Waals surface area contributed by atoms with E-state index in [1.807, 2.05) is 7.05 Å². The number of carbonyl (C=O) groups is 2. The van der Waals surface area contributed by atoms with Crippen LogP contribution in [0.4, 0.5) is 10.5 Å². The maximum atomic E-state index is 11.7. The molecule has 1 aromatic carbocycles. The van der Waals surface area contributed by atoms with Gasteiger partial charge in [0.05, 0.1) is 5.56 Å². The van der Waals surface area contributed by atoms with E-state index < -0.39 is 5.97 Å². The van der Waals surface area contributed by atoms with Gasteiger partial charge in [-0.1, -0.05) is 0 Å². The third kappa shape index (κ3) is 3.69. The van der Waals surface area contributed by atoms with E-state index in [-0.39, 0.29) is 17.6 Å². The molecule has 1 saturated heterocycles. The minimum Gasteiger partial charge on any atom is -0.478 e. The summed E-state index contributed by atoms with van der Waals surface area (Å²) in [5, 5.41) is 14.3. The number of carboxylic acids is 1. The Morgan fingerprint density at radius 3 is 2.53 bits per heavy atom. The lowest BCUT2D eigenvalue weighted by atomic mass is 10.2. The zero-order valence-electron chi connectivity index (χ0n) is 10.7. The number of urea groups is 1. The van der Waals surface area contributed by atoms with Gasteiger partial charge in [0.1, 0.15) is 0 Å². The van der Waals surface area contributed by atoms with Crippen molar-refractivity contribution in [2.24, 2.45) is 0 Å². The second-order valence-corrected chi connectivity index (χ2v) is 4.73. The number of rotatable bonds is 3. The van der Waals surface area contributed by atoms with Gasteiger partial charge in [0, 0.05) is 18.3 Å². The standard InChI is InChI=1S/C13H17N3O3/c1-16-7-6-11(8-16)15-13(19)14-10-4-2-9(3-5-10)12(17)18/h2-5,11H,6-8H2,1H3,(H,17,18)(H2,14,15,19). The molecule has 6 heteroatoms. The van der Waals surface area contributed by atoms with Crippen LogP contribution in [0.25, 0.3) is 0 Å². The normalized spacial score (nSPS) is 19.1. The summed E-state index contributed by atoms with van der Waals surface area (Å²) in [6.45, 7) is 1.84. The van der Waals surface area contributed by atoms with Crippen LogP contribution < -0.4 is 10.6 Å². The fraction of sp³-hybridized carbons (Fsp3) is 0.385. The average molecular weight is 263 g/mol. The molecule has 1 atom stereocenters. The highest BCUT2D eigenvalue weighted by atomic mass is 16.4. The number of nitrogens with zero attached hydrogens (tertiary/aromatic N) is 1. The summed E-state index contributed by atoms with van der Waals surface area (Å²) in [6.07, 6.45) is 0.946. The smallest absolute Gasteiger partial charge is 0.335 e. The Kier molecular flexibility index (Phi) is 4.01. The monoisotopic (exact) mass is 263 g/mol. The van der Waals surface area contributed by atoms with Crippen LogP contribution in [0.2, 0.25) is 0 Å². The van der Waals surface area contributed by atoms with Crippen molar-refractivity contribution in [1.29, 1.82) is 0 Å². The van der Waals surface area contributed by atoms with Crippen LogP contribution in [0.3, 0.4) is 0 Å². The number of likely N-dealkylation sites (tertiary alicyclic amines) is 1. The molecule has 0 bridgehead atoms. The third-order valence-electron chi connectivity index (χ3n) is 3.12. The number of carboxylic acid groups (broad SMARTS) is 1. The molecular weight excluding hydrogens is 246 g/mol. The summed E-state index contributed by atoms with van der Waals surface area (Å²) < 4.78 is 0. The van der Waals surface area contributed by atoms with Gasteiger partial charge in [0.2, 0.25) is 0 Å². The molecule has 1 aliphatic heterocycles. The summed E-state index contributed by atoms with van der Waals surface area (Å²) in [5.74, 6) is -0.981. The van der Waals surface area contributed by atoms with E-state index in [1.54, 1.807) is 12.1 Å². The van der Waals surface area contributed by atoms with E-state index in [9.17, 15) is 9.59 Å². The van der Waals surface area contributed by atoms with Crippen LogP contribution in [0.15, 0.2) is 24.3 Å². The van der Waals surface area contributed by atoms with Crippen molar-refractivity contribution < 1.29 is 14.7 Å². The number of likely N-dealkylation sites (N-methyl/N-ethyl adjacent to an activating group) is 1. The molecule has 1 heterocycles. The summed E-state index contributed by atoms with van der Waals surface area (Å²) in [7, 11) is 2.02. The molecule has 0 aliphatic carbocycles. The summed E-state index contributed by atoms with van der Waals surface area (Å²) in [4.78, 5) is 24.6. The van der Waals surface area contributed by atoms with Crippen molar-refractivity contribution in [1.82, 2.24) is 10.2 Å². The van der Waals surface area contributed by atoms with Gasteiger partial charge in [0.25, 0.3) is 0 Å². The highest BCUT2D eigenvalue weighted by Gasteiger charge is 2.20. The van der Waals surface area contributed by atoms with Gasteiger partial charge >= 0.3 is 12.0 Å². The quantitative estimate of drug-likeness (QED) is 0.765. The van der Waals surface area contributed by atoms with Crippen LogP contribution in [-0.4, -0.2) is 48.2 Å². The van der Waals surface area contributed by atoms with Gasteiger partial charge < -0.3 is 20.6 Å². The number of hydrogen-bond donors (Lipinski definition) is 3. The van der Waals surface area contributed by atoms with Crippen molar-refractivity contribution >= 4 is 17.7 Å². The largest absolute Gasteiger partial charge is 0.478 e. The first kappa shape index (κ1) is 13.4. The molecule has 0 saturated carbocycles. The molecule has 6 nitrogen and oxygen atoms in total. The van der Waals surface area contributed by atoms with Gasteiger partial charge in [-0.05, 0) is 44.3 Å². The molecule has 102 valence electrons. The van der Waals surface area contributed by atoms with Gasteiger partial charge in [-0.15, -0.1) is 0 Å². The second-order valence-electron chi connectivity index (χ2n) is 4.73. The predicted molar refractivity (Wildman–Crippen MR) is 71.5 cm³/mol. The SMILES string of the molecule is CN1CCC(NC(=O)Nc2ccc(C(=O)O)cc2)C1. The molecule has 1 aromatic rings. The lowest BCUT2D eigenvalue weighted by molar-refractivity contribution is 0.0697. The Balaban J connectivity index is 1.86. The Bertz CT molecular complexity index is 473. The molecular formula is C13H17N3O3. The topological polar surface area (TPSA) is 81.7 Å². The molecule has 0 spiro atoms. The van der Waals surface area contributed by atoms with Crippen molar-refractivity contribution in [3.63, 3.8) is 0 Å². The Labute approximate surface area is 111 Å². The van der Waals surface area contributed by atoms with Crippen LogP contribution in [0, 0.1) is 0 Å². The number of aromatic carboxylic acids is 1. The van der Waals surface area contributed by atoms with E-state index >= 15 is 0 Å². The lowest BCUT2D eigenvalue weighted by Crippen LogP contribution is -2.39. The highest BCUT2D eigenvalue weighted by molar-refractivity contribution is 5.91. The minimum absolute atomic E-state index is 0.170. The molecule has 19 heavy (non-hydrogen) atoms. The van der Waals surface area contributed by atoms with E-state index in [0.717, 1.165) is 19.5 Å². The van der Waals surface area contributed by atoms with E-state index in [4.69, 9.17) is 5.11 Å². The lowest BCUT2D eigenvalue weighted by Gasteiger charge is -2.13. The minimum atomic E-state index is -0.981. The first-order valence-corrected chi connectivity index (χ1v) is 6.14. The second kappa shape index (κ2) is 5.71. The fourth-order valence-electron chi connectivity index (χ4n) is 2.10. The van der Waals surface area contributed by atoms with E-state index in [0.29, 0.717) is 5.69 Å². The van der Waals surface area contributed by atoms with E-state index in [1.165, 1.54) is 12.1 Å². The maximum absolute atomic E-state index is 11.7. The maximum Gasteiger partial charge on any atom is 0.335 e. The van der Waals surface area contributed by atoms with Crippen LogP contribution in [0.5, 0.6) is 0 Å². The van der Waals surface area contributed by atoms with Crippen molar-refractivity contribution in [2.45, 2.75) is 12.5 Å². The first-order chi connectivity index (χ1) is 9.04. The molecule has 0 radical (unpaired) electrons. The molecule has 0 aromatic heterocycles.